The summed E-state index contributed by atoms with van der Waals surface area (Å²) in [4.78, 5) is 41.4. The van der Waals surface area contributed by atoms with Gasteiger partial charge in [-0.25, -0.2) is 0 Å². The second-order valence-electron chi connectivity index (χ2n) is 10.2. The number of benzene rings is 1. The Morgan fingerprint density at radius 1 is 0.971 bits per heavy atom. The van der Waals surface area contributed by atoms with Gasteiger partial charge in [0.05, 0.1) is 7.11 Å². The van der Waals surface area contributed by atoms with Crippen LogP contribution in [-0.2, 0) is 32.0 Å². The maximum atomic E-state index is 13.4. The standard InChI is InChI=1S/C26H30N2O6/c1-25(2)33-23(30)26(24(31)34-25,12-17-7-9-20(32-3)10-8-17)16-27-13-18-11-19(15-27)21-5-4-6-22(29)28(21)14-18/h4-10,18-19H,11-16H2,1-3H3/t18-,19+/m1/s1. The number of ether oxygens (including phenoxy) is 3. The topological polar surface area (TPSA) is 87.1 Å². The molecule has 3 aliphatic heterocycles. The summed E-state index contributed by atoms with van der Waals surface area (Å²) in [5.41, 5.74) is 0.404. The number of carbonyl (C=O) groups excluding carboxylic acids is 2. The Balaban J connectivity index is 1.45. The summed E-state index contributed by atoms with van der Waals surface area (Å²) in [6, 6.07) is 12.7. The Kier molecular flexibility index (Phi) is 5.51. The first-order chi connectivity index (χ1) is 16.2. The molecule has 3 aliphatic rings. The molecule has 8 nitrogen and oxygen atoms in total. The zero-order valence-corrected chi connectivity index (χ0v) is 19.8. The summed E-state index contributed by atoms with van der Waals surface area (Å²) in [7, 11) is 1.59. The largest absolute Gasteiger partial charge is 0.497 e. The highest BCUT2D eigenvalue weighted by Gasteiger charge is 2.57. The van der Waals surface area contributed by atoms with Crippen LogP contribution in [-0.4, -0.2) is 53.9 Å². The molecular weight excluding hydrogens is 436 g/mol. The molecule has 0 N–H and O–H groups in total. The SMILES string of the molecule is COc1ccc(CC2(CN3C[C@H]4C[C@@H](C3)c3cccc(=O)n3C4)C(=O)OC(C)(C)OC2=O)cc1. The molecule has 0 radical (unpaired) electrons. The lowest BCUT2D eigenvalue weighted by molar-refractivity contribution is -0.252. The fraction of sp³-hybridized carbons (Fsp3) is 0.500. The van der Waals surface area contributed by atoms with Gasteiger partial charge in [-0.3, -0.25) is 14.4 Å². The van der Waals surface area contributed by atoms with Gasteiger partial charge in [0.25, 0.3) is 11.3 Å². The minimum absolute atomic E-state index is 0.0262. The lowest BCUT2D eigenvalue weighted by atomic mass is 9.77. The van der Waals surface area contributed by atoms with Crippen molar-refractivity contribution >= 4 is 11.9 Å². The number of cyclic esters (lactones) is 2. The molecular formula is C26H30N2O6. The Hall–Kier alpha value is -3.13. The van der Waals surface area contributed by atoms with Crippen molar-refractivity contribution in [1.82, 2.24) is 9.47 Å². The zero-order chi connectivity index (χ0) is 24.1. The smallest absolute Gasteiger partial charge is 0.328 e. The van der Waals surface area contributed by atoms with E-state index in [1.807, 2.05) is 34.9 Å². The van der Waals surface area contributed by atoms with Gasteiger partial charge in [-0.15, -0.1) is 0 Å². The molecule has 2 fully saturated rings. The maximum absolute atomic E-state index is 13.4. The number of likely N-dealkylation sites (tertiary alicyclic amines) is 1. The highest BCUT2D eigenvalue weighted by Crippen LogP contribution is 2.40. The minimum atomic E-state index is -1.47. The number of hydrogen-bond acceptors (Lipinski definition) is 7. The van der Waals surface area contributed by atoms with Crippen molar-refractivity contribution in [1.29, 1.82) is 0 Å². The average Bonchev–Trinajstić information content (AvgIpc) is 2.78. The van der Waals surface area contributed by atoms with Gasteiger partial charge in [0, 0.05) is 64.1 Å². The molecule has 8 heteroatoms. The third kappa shape index (κ3) is 4.00. The van der Waals surface area contributed by atoms with E-state index in [-0.39, 0.29) is 30.4 Å². The van der Waals surface area contributed by atoms with Gasteiger partial charge in [0.2, 0.25) is 0 Å². The summed E-state index contributed by atoms with van der Waals surface area (Å²) >= 11 is 0. The molecule has 0 unspecified atom stereocenters. The van der Waals surface area contributed by atoms with Crippen LogP contribution in [0, 0.1) is 11.3 Å². The van der Waals surface area contributed by atoms with Crippen LogP contribution in [0.3, 0.4) is 0 Å². The molecule has 0 saturated carbocycles. The summed E-state index contributed by atoms with van der Waals surface area (Å²) in [5.74, 6) is -1.27. The van der Waals surface area contributed by atoms with Crippen molar-refractivity contribution in [2.24, 2.45) is 11.3 Å². The number of hydrogen-bond donors (Lipinski definition) is 0. The number of aromatic nitrogens is 1. The van der Waals surface area contributed by atoms with Crippen LogP contribution in [0.1, 0.15) is 37.4 Å². The van der Waals surface area contributed by atoms with Gasteiger partial charge in [-0.2, -0.15) is 0 Å². The Bertz CT molecular complexity index is 1150. The zero-order valence-electron chi connectivity index (χ0n) is 19.8. The van der Waals surface area contributed by atoms with Crippen molar-refractivity contribution in [3.63, 3.8) is 0 Å². The maximum Gasteiger partial charge on any atom is 0.328 e. The van der Waals surface area contributed by atoms with Crippen LogP contribution in [0.2, 0.25) is 0 Å². The van der Waals surface area contributed by atoms with Crippen LogP contribution in [0.5, 0.6) is 5.75 Å². The molecule has 0 spiro atoms. The van der Waals surface area contributed by atoms with Gasteiger partial charge in [-0.05, 0) is 36.1 Å². The van der Waals surface area contributed by atoms with E-state index >= 15 is 0 Å². The van der Waals surface area contributed by atoms with E-state index in [1.54, 1.807) is 33.1 Å². The molecule has 180 valence electrons. The molecule has 2 saturated heterocycles. The number of methoxy groups -OCH3 is 1. The predicted molar refractivity (Wildman–Crippen MR) is 123 cm³/mol. The third-order valence-electron chi connectivity index (χ3n) is 7.17. The van der Waals surface area contributed by atoms with E-state index < -0.39 is 23.1 Å². The lowest BCUT2D eigenvalue weighted by Gasteiger charge is -2.47. The van der Waals surface area contributed by atoms with E-state index in [0.717, 1.165) is 17.7 Å². The summed E-state index contributed by atoms with van der Waals surface area (Å²) in [6.45, 7) is 5.35. The molecule has 5 rings (SSSR count). The number of nitrogens with zero attached hydrogens (tertiary/aromatic N) is 2. The number of pyridine rings is 1. The van der Waals surface area contributed by atoms with Crippen LogP contribution in [0.15, 0.2) is 47.3 Å². The lowest BCUT2D eigenvalue weighted by Crippen LogP contribution is -2.61. The van der Waals surface area contributed by atoms with Crippen molar-refractivity contribution in [2.75, 3.05) is 26.7 Å². The van der Waals surface area contributed by atoms with E-state index in [0.29, 0.717) is 25.4 Å². The van der Waals surface area contributed by atoms with Crippen molar-refractivity contribution in [2.45, 2.75) is 44.9 Å². The number of fused-ring (bicyclic) bond motifs is 4. The minimum Gasteiger partial charge on any atom is -0.497 e. The molecule has 0 aliphatic carbocycles. The van der Waals surface area contributed by atoms with E-state index in [4.69, 9.17) is 14.2 Å². The number of piperidine rings is 1. The molecule has 1 aromatic heterocycles. The van der Waals surface area contributed by atoms with Gasteiger partial charge in [0.1, 0.15) is 5.75 Å². The average molecular weight is 467 g/mol. The molecule has 2 atom stereocenters. The number of carbonyl (C=O) groups is 2. The van der Waals surface area contributed by atoms with E-state index in [9.17, 15) is 14.4 Å². The van der Waals surface area contributed by atoms with Gasteiger partial charge in [0.15, 0.2) is 5.41 Å². The molecule has 1 aromatic carbocycles. The summed E-state index contributed by atoms with van der Waals surface area (Å²) in [6.07, 6.45) is 1.17. The van der Waals surface area contributed by atoms with Gasteiger partial charge >= 0.3 is 11.9 Å². The number of esters is 2. The third-order valence-corrected chi connectivity index (χ3v) is 7.17. The monoisotopic (exact) mass is 466 g/mol. The quantitative estimate of drug-likeness (QED) is 0.494. The first-order valence-electron chi connectivity index (χ1n) is 11.7. The predicted octanol–water partition coefficient (Wildman–Crippen LogP) is 2.34. The summed E-state index contributed by atoms with van der Waals surface area (Å²) < 4.78 is 18.3. The Morgan fingerprint density at radius 2 is 1.68 bits per heavy atom. The van der Waals surface area contributed by atoms with Gasteiger partial charge < -0.3 is 23.7 Å². The number of rotatable bonds is 5. The molecule has 2 bridgehead atoms. The molecule has 4 heterocycles. The van der Waals surface area contributed by atoms with Crippen LogP contribution >= 0.6 is 0 Å². The first kappa shape index (κ1) is 22.7. The molecule has 0 amide bonds. The second-order valence-corrected chi connectivity index (χ2v) is 10.2. The van der Waals surface area contributed by atoms with Crippen LogP contribution in [0.25, 0.3) is 0 Å². The van der Waals surface area contributed by atoms with E-state index in [1.165, 1.54) is 0 Å². The highest BCUT2D eigenvalue weighted by molar-refractivity contribution is 6.02. The van der Waals surface area contributed by atoms with Crippen molar-refractivity contribution < 1.29 is 23.8 Å². The van der Waals surface area contributed by atoms with Crippen LogP contribution < -0.4 is 10.3 Å². The van der Waals surface area contributed by atoms with Gasteiger partial charge in [-0.1, -0.05) is 18.2 Å². The van der Waals surface area contributed by atoms with Crippen LogP contribution in [0.4, 0.5) is 0 Å². The summed E-state index contributed by atoms with van der Waals surface area (Å²) in [5, 5.41) is 0. The normalized spacial score (nSPS) is 25.1. The fourth-order valence-corrected chi connectivity index (χ4v) is 5.67. The first-order valence-corrected chi connectivity index (χ1v) is 11.7. The fourth-order valence-electron chi connectivity index (χ4n) is 5.67. The van der Waals surface area contributed by atoms with E-state index in [2.05, 4.69) is 4.90 Å². The second kappa shape index (κ2) is 8.27. The Labute approximate surface area is 198 Å². The van der Waals surface area contributed by atoms with Crippen molar-refractivity contribution in [3.8, 4) is 5.75 Å². The highest BCUT2D eigenvalue weighted by atomic mass is 16.7. The van der Waals surface area contributed by atoms with Crippen molar-refractivity contribution in [3.05, 3.63) is 64.1 Å². The molecule has 2 aromatic rings. The Morgan fingerprint density at radius 3 is 2.35 bits per heavy atom. The molecule has 34 heavy (non-hydrogen) atoms.